The quantitative estimate of drug-likeness (QED) is 0.881. The van der Waals surface area contributed by atoms with Gasteiger partial charge in [-0.15, -0.1) is 5.10 Å². The summed E-state index contributed by atoms with van der Waals surface area (Å²) in [6.45, 7) is 4.78. The van der Waals surface area contributed by atoms with Crippen LogP contribution in [0.15, 0.2) is 11.8 Å². The molecular weight excluding hydrogens is 224 g/mol. The lowest BCUT2D eigenvalue weighted by Crippen LogP contribution is -2.10. The molecule has 1 aliphatic heterocycles. The zero-order valence-corrected chi connectivity index (χ0v) is 10.3. The van der Waals surface area contributed by atoms with Gasteiger partial charge in [0.1, 0.15) is 11.9 Å². The molecule has 1 aliphatic rings. The monoisotopic (exact) mass is 240 g/mol. The number of hydrogen-bond donors (Lipinski definition) is 1. The summed E-state index contributed by atoms with van der Waals surface area (Å²) in [6.07, 6.45) is 3.25. The Hall–Kier alpha value is -0.940. The van der Waals surface area contributed by atoms with E-state index in [0.717, 1.165) is 23.4 Å². The van der Waals surface area contributed by atoms with E-state index in [0.29, 0.717) is 12.4 Å². The Morgan fingerprint density at radius 2 is 2.31 bits per heavy atom. The van der Waals surface area contributed by atoms with Gasteiger partial charge in [-0.25, -0.2) is 0 Å². The maximum Gasteiger partial charge on any atom is 0.148 e. The fourth-order valence-corrected chi connectivity index (χ4v) is 2.49. The van der Waals surface area contributed by atoms with Crippen molar-refractivity contribution < 1.29 is 9.84 Å². The number of aromatic nitrogens is 2. The van der Waals surface area contributed by atoms with E-state index in [-0.39, 0.29) is 5.92 Å². The van der Waals surface area contributed by atoms with Gasteiger partial charge in [-0.2, -0.15) is 0 Å². The van der Waals surface area contributed by atoms with Crippen LogP contribution in [0.1, 0.15) is 49.3 Å². The highest BCUT2D eigenvalue weighted by Crippen LogP contribution is 2.32. The average Bonchev–Trinajstić information content (AvgIpc) is 2.78. The van der Waals surface area contributed by atoms with Gasteiger partial charge in [-0.3, -0.25) is 0 Å². The molecule has 1 aromatic rings. The SMILES string of the molecule is CC(C)c1nnsc1C(O)C1=CCCCO1. The minimum atomic E-state index is -0.697. The van der Waals surface area contributed by atoms with Crippen molar-refractivity contribution in [2.75, 3.05) is 6.61 Å². The maximum atomic E-state index is 10.2. The molecule has 5 heteroatoms. The highest BCUT2D eigenvalue weighted by atomic mass is 32.1. The molecule has 1 N–H and O–H groups in total. The Morgan fingerprint density at radius 3 is 2.94 bits per heavy atom. The molecule has 0 amide bonds. The van der Waals surface area contributed by atoms with Crippen molar-refractivity contribution in [2.24, 2.45) is 0 Å². The summed E-state index contributed by atoms with van der Waals surface area (Å²) in [7, 11) is 0. The zero-order chi connectivity index (χ0) is 11.5. The summed E-state index contributed by atoms with van der Waals surface area (Å²) < 4.78 is 9.37. The van der Waals surface area contributed by atoms with E-state index in [2.05, 4.69) is 9.59 Å². The topological polar surface area (TPSA) is 55.2 Å². The number of ether oxygens (including phenoxy) is 1. The third-order valence-electron chi connectivity index (χ3n) is 2.57. The molecule has 0 radical (unpaired) electrons. The van der Waals surface area contributed by atoms with Crippen LogP contribution in [0.3, 0.4) is 0 Å². The third-order valence-corrected chi connectivity index (χ3v) is 3.36. The second-order valence-corrected chi connectivity index (χ2v) is 4.96. The Bertz CT molecular complexity index is 387. The van der Waals surface area contributed by atoms with Crippen molar-refractivity contribution >= 4 is 11.5 Å². The molecule has 0 saturated carbocycles. The number of aliphatic hydroxyl groups is 1. The molecule has 0 saturated heterocycles. The van der Waals surface area contributed by atoms with E-state index in [4.69, 9.17) is 4.74 Å². The van der Waals surface area contributed by atoms with Gasteiger partial charge in [0.15, 0.2) is 0 Å². The zero-order valence-electron chi connectivity index (χ0n) is 9.51. The van der Waals surface area contributed by atoms with Crippen molar-refractivity contribution in [3.63, 3.8) is 0 Å². The van der Waals surface area contributed by atoms with E-state index >= 15 is 0 Å². The third kappa shape index (κ3) is 2.25. The molecule has 2 rings (SSSR count). The molecule has 2 heterocycles. The molecule has 0 bridgehead atoms. The number of rotatable bonds is 3. The van der Waals surface area contributed by atoms with Crippen LogP contribution < -0.4 is 0 Å². The van der Waals surface area contributed by atoms with E-state index in [1.807, 2.05) is 19.9 Å². The number of aliphatic hydroxyl groups excluding tert-OH is 1. The maximum absolute atomic E-state index is 10.2. The number of hydrogen-bond acceptors (Lipinski definition) is 5. The Balaban J connectivity index is 2.22. The molecule has 16 heavy (non-hydrogen) atoms. The first-order valence-corrected chi connectivity index (χ1v) is 6.30. The predicted octanol–water partition coefficient (Wildman–Crippen LogP) is 2.39. The van der Waals surface area contributed by atoms with Crippen LogP contribution in [-0.2, 0) is 4.74 Å². The summed E-state index contributed by atoms with van der Waals surface area (Å²) in [4.78, 5) is 0.808. The first-order chi connectivity index (χ1) is 7.70. The lowest BCUT2D eigenvalue weighted by Gasteiger charge is -2.19. The lowest BCUT2D eigenvalue weighted by atomic mass is 10.1. The summed E-state index contributed by atoms with van der Waals surface area (Å²) >= 11 is 1.25. The number of allylic oxidation sites excluding steroid dienone is 1. The van der Waals surface area contributed by atoms with Gasteiger partial charge in [0.25, 0.3) is 0 Å². The second kappa shape index (κ2) is 4.93. The molecule has 0 aliphatic carbocycles. The molecule has 1 atom stereocenters. The van der Waals surface area contributed by atoms with Gasteiger partial charge >= 0.3 is 0 Å². The van der Waals surface area contributed by atoms with E-state index < -0.39 is 6.10 Å². The van der Waals surface area contributed by atoms with Crippen LogP contribution in [0.5, 0.6) is 0 Å². The normalized spacial score (nSPS) is 18.1. The minimum absolute atomic E-state index is 0.271. The van der Waals surface area contributed by atoms with Gasteiger partial charge in [0.2, 0.25) is 0 Å². The Morgan fingerprint density at radius 1 is 1.50 bits per heavy atom. The predicted molar refractivity (Wildman–Crippen MR) is 62.2 cm³/mol. The van der Waals surface area contributed by atoms with Crippen LogP contribution >= 0.6 is 11.5 Å². The van der Waals surface area contributed by atoms with Crippen molar-refractivity contribution in [3.05, 3.63) is 22.4 Å². The van der Waals surface area contributed by atoms with Gasteiger partial charge in [-0.1, -0.05) is 18.3 Å². The summed E-state index contributed by atoms with van der Waals surface area (Å²) in [5, 5.41) is 14.3. The van der Waals surface area contributed by atoms with Crippen molar-refractivity contribution in [1.82, 2.24) is 9.59 Å². The molecular formula is C11H16N2O2S. The fourth-order valence-electron chi connectivity index (χ4n) is 1.69. The van der Waals surface area contributed by atoms with Gasteiger partial charge < -0.3 is 9.84 Å². The molecule has 1 aromatic heterocycles. The summed E-state index contributed by atoms with van der Waals surface area (Å²) in [5.74, 6) is 0.923. The van der Waals surface area contributed by atoms with Crippen LogP contribution in [0, 0.1) is 0 Å². The first-order valence-electron chi connectivity index (χ1n) is 5.53. The summed E-state index contributed by atoms with van der Waals surface area (Å²) in [6, 6.07) is 0. The summed E-state index contributed by atoms with van der Waals surface area (Å²) in [5.41, 5.74) is 0.868. The first kappa shape index (κ1) is 11.5. The molecule has 4 nitrogen and oxygen atoms in total. The van der Waals surface area contributed by atoms with Gasteiger partial charge in [0, 0.05) is 0 Å². The second-order valence-electron chi connectivity index (χ2n) is 4.18. The van der Waals surface area contributed by atoms with Crippen molar-refractivity contribution in [3.8, 4) is 0 Å². The Kier molecular flexibility index (Phi) is 3.56. The molecule has 0 fully saturated rings. The molecule has 0 aromatic carbocycles. The van der Waals surface area contributed by atoms with Crippen LogP contribution in [-0.4, -0.2) is 21.3 Å². The molecule has 88 valence electrons. The smallest absolute Gasteiger partial charge is 0.148 e. The minimum Gasteiger partial charge on any atom is -0.495 e. The van der Waals surface area contributed by atoms with E-state index in [9.17, 15) is 5.11 Å². The van der Waals surface area contributed by atoms with Crippen molar-refractivity contribution in [1.29, 1.82) is 0 Å². The van der Waals surface area contributed by atoms with Crippen molar-refractivity contribution in [2.45, 2.75) is 38.7 Å². The van der Waals surface area contributed by atoms with Crippen LogP contribution in [0.25, 0.3) is 0 Å². The van der Waals surface area contributed by atoms with Crippen LogP contribution in [0.2, 0.25) is 0 Å². The van der Waals surface area contributed by atoms with E-state index in [1.54, 1.807) is 0 Å². The highest BCUT2D eigenvalue weighted by molar-refractivity contribution is 7.05. The average molecular weight is 240 g/mol. The van der Waals surface area contributed by atoms with Gasteiger partial charge in [-0.05, 0) is 36.4 Å². The standard InChI is InChI=1S/C11H16N2O2S/c1-7(2)9-11(16-13-12-9)10(14)8-5-3-4-6-15-8/h5,7,10,14H,3-4,6H2,1-2H3. The lowest BCUT2D eigenvalue weighted by molar-refractivity contribution is 0.0930. The van der Waals surface area contributed by atoms with Gasteiger partial charge in [0.05, 0.1) is 17.2 Å². The fraction of sp³-hybridized carbons (Fsp3) is 0.636. The van der Waals surface area contributed by atoms with E-state index in [1.165, 1.54) is 11.5 Å². The Labute approximate surface area is 99.1 Å². The molecule has 1 unspecified atom stereocenters. The number of nitrogens with zero attached hydrogens (tertiary/aromatic N) is 2. The van der Waals surface area contributed by atoms with Crippen LogP contribution in [0.4, 0.5) is 0 Å². The largest absolute Gasteiger partial charge is 0.495 e. The molecule has 0 spiro atoms. The highest BCUT2D eigenvalue weighted by Gasteiger charge is 2.24.